The maximum Gasteiger partial charge on any atom is 0.138 e. The number of hydrogen-bond acceptors (Lipinski definition) is 5. The molecule has 0 amide bonds. The van der Waals surface area contributed by atoms with Gasteiger partial charge >= 0.3 is 0 Å². The van der Waals surface area contributed by atoms with Crippen LogP contribution in [0.1, 0.15) is 4.88 Å². The van der Waals surface area contributed by atoms with Gasteiger partial charge in [0.1, 0.15) is 17.0 Å². The van der Waals surface area contributed by atoms with Crippen molar-refractivity contribution in [1.82, 2.24) is 9.97 Å². The number of hydrogen-bond donors (Lipinski definition) is 2. The third kappa shape index (κ3) is 2.26. The lowest BCUT2D eigenvalue weighted by molar-refractivity contribution is 0.311. The van der Waals surface area contributed by atoms with Crippen molar-refractivity contribution in [1.29, 1.82) is 0 Å². The summed E-state index contributed by atoms with van der Waals surface area (Å²) in [7, 11) is 0. The Balaban J connectivity index is 2.23. The molecule has 20 heavy (non-hydrogen) atoms. The Morgan fingerprint density at radius 2 is 2.00 bits per heavy atom. The van der Waals surface area contributed by atoms with Crippen LogP contribution in [0.3, 0.4) is 0 Å². The second-order valence-corrected chi connectivity index (χ2v) is 5.66. The standard InChI is InChI=1S/C15H15N3OS/c1-10-12(11-5-3-2-4-6-11)13-14(16-7-8-19)17-9-18-15(13)20-10/h2-6,9,19H,7-8H2,1H3,(H,16,17,18). The van der Waals surface area contributed by atoms with Gasteiger partial charge in [-0.25, -0.2) is 9.97 Å². The molecule has 5 heteroatoms. The summed E-state index contributed by atoms with van der Waals surface area (Å²) >= 11 is 1.67. The van der Waals surface area contributed by atoms with Crippen molar-refractivity contribution < 1.29 is 5.11 Å². The molecule has 3 rings (SSSR count). The largest absolute Gasteiger partial charge is 0.395 e. The summed E-state index contributed by atoms with van der Waals surface area (Å²) in [6, 6.07) is 10.3. The molecule has 0 aliphatic carbocycles. The molecular formula is C15H15N3OS. The van der Waals surface area contributed by atoms with Gasteiger partial charge in [0.05, 0.1) is 12.0 Å². The maximum atomic E-state index is 8.99. The molecule has 0 saturated carbocycles. The number of rotatable bonds is 4. The quantitative estimate of drug-likeness (QED) is 0.773. The van der Waals surface area contributed by atoms with Crippen LogP contribution in [0.15, 0.2) is 36.7 Å². The predicted octanol–water partition coefficient (Wildman–Crippen LogP) is 3.07. The van der Waals surface area contributed by atoms with Crippen LogP contribution in [0.2, 0.25) is 0 Å². The first-order valence-corrected chi connectivity index (χ1v) is 7.27. The maximum absolute atomic E-state index is 8.99. The number of thiophene rings is 1. The van der Waals surface area contributed by atoms with E-state index in [0.717, 1.165) is 21.6 Å². The van der Waals surface area contributed by atoms with Crippen LogP contribution in [0.25, 0.3) is 21.3 Å². The Kier molecular flexibility index (Phi) is 3.62. The van der Waals surface area contributed by atoms with Gasteiger partial charge in [0.2, 0.25) is 0 Å². The fourth-order valence-corrected chi connectivity index (χ4v) is 3.32. The highest BCUT2D eigenvalue weighted by atomic mass is 32.1. The first-order valence-electron chi connectivity index (χ1n) is 6.45. The molecule has 0 unspecified atom stereocenters. The van der Waals surface area contributed by atoms with Gasteiger partial charge in [0.15, 0.2) is 0 Å². The van der Waals surface area contributed by atoms with E-state index in [1.807, 2.05) is 18.2 Å². The van der Waals surface area contributed by atoms with E-state index in [0.29, 0.717) is 6.54 Å². The van der Waals surface area contributed by atoms with E-state index in [1.165, 1.54) is 10.4 Å². The van der Waals surface area contributed by atoms with Crippen LogP contribution in [-0.4, -0.2) is 28.2 Å². The number of aliphatic hydroxyl groups excluding tert-OH is 1. The smallest absolute Gasteiger partial charge is 0.138 e. The molecule has 0 bridgehead atoms. The summed E-state index contributed by atoms with van der Waals surface area (Å²) in [5, 5.41) is 13.2. The van der Waals surface area contributed by atoms with Gasteiger partial charge in [-0.2, -0.15) is 0 Å². The summed E-state index contributed by atoms with van der Waals surface area (Å²) in [5.41, 5.74) is 2.34. The van der Waals surface area contributed by atoms with Gasteiger partial charge < -0.3 is 10.4 Å². The van der Waals surface area contributed by atoms with E-state index in [1.54, 1.807) is 17.7 Å². The lowest BCUT2D eigenvalue weighted by Crippen LogP contribution is -2.07. The topological polar surface area (TPSA) is 58.0 Å². The minimum atomic E-state index is 0.0787. The minimum absolute atomic E-state index is 0.0787. The van der Waals surface area contributed by atoms with Crippen LogP contribution in [0.4, 0.5) is 5.82 Å². The number of aromatic nitrogens is 2. The number of fused-ring (bicyclic) bond motifs is 1. The number of nitrogens with zero attached hydrogens (tertiary/aromatic N) is 2. The zero-order valence-corrected chi connectivity index (χ0v) is 11.9. The second kappa shape index (κ2) is 5.56. The molecule has 0 aliphatic rings. The van der Waals surface area contributed by atoms with Gasteiger partial charge in [-0.3, -0.25) is 0 Å². The van der Waals surface area contributed by atoms with Gasteiger partial charge in [0, 0.05) is 17.0 Å². The Hall–Kier alpha value is -1.98. The van der Waals surface area contributed by atoms with Crippen molar-refractivity contribution >= 4 is 27.4 Å². The fourth-order valence-electron chi connectivity index (χ4n) is 2.30. The van der Waals surface area contributed by atoms with Crippen LogP contribution in [-0.2, 0) is 0 Å². The number of aliphatic hydroxyl groups is 1. The Labute approximate surface area is 121 Å². The van der Waals surface area contributed by atoms with Crippen LogP contribution >= 0.6 is 11.3 Å². The zero-order chi connectivity index (χ0) is 13.9. The number of nitrogens with one attached hydrogen (secondary N) is 1. The summed E-state index contributed by atoms with van der Waals surface area (Å²) < 4.78 is 0. The molecule has 0 radical (unpaired) electrons. The summed E-state index contributed by atoms with van der Waals surface area (Å²) in [5.74, 6) is 0.784. The highest BCUT2D eigenvalue weighted by Gasteiger charge is 2.16. The van der Waals surface area contributed by atoms with Crippen molar-refractivity contribution in [3.8, 4) is 11.1 Å². The molecule has 1 aromatic carbocycles. The zero-order valence-electron chi connectivity index (χ0n) is 11.1. The number of benzene rings is 1. The summed E-state index contributed by atoms with van der Waals surface area (Å²) in [4.78, 5) is 10.9. The molecule has 2 N–H and O–H groups in total. The van der Waals surface area contributed by atoms with Gasteiger partial charge in [-0.1, -0.05) is 30.3 Å². The van der Waals surface area contributed by atoms with E-state index in [2.05, 4.69) is 34.3 Å². The SMILES string of the molecule is Cc1sc2ncnc(NCCO)c2c1-c1ccccc1. The minimum Gasteiger partial charge on any atom is -0.395 e. The van der Waals surface area contributed by atoms with Crippen molar-refractivity contribution in [3.05, 3.63) is 41.5 Å². The molecule has 0 saturated heterocycles. The summed E-state index contributed by atoms with van der Waals surface area (Å²) in [6.07, 6.45) is 1.56. The first kappa shape index (κ1) is 13.0. The Bertz CT molecular complexity index is 725. The Morgan fingerprint density at radius 3 is 2.75 bits per heavy atom. The van der Waals surface area contributed by atoms with E-state index in [9.17, 15) is 0 Å². The fraction of sp³-hybridized carbons (Fsp3) is 0.200. The number of anilines is 1. The molecule has 2 aromatic heterocycles. The van der Waals surface area contributed by atoms with E-state index in [-0.39, 0.29) is 6.61 Å². The number of aryl methyl sites for hydroxylation is 1. The second-order valence-electron chi connectivity index (χ2n) is 4.45. The summed E-state index contributed by atoms with van der Waals surface area (Å²) in [6.45, 7) is 2.66. The van der Waals surface area contributed by atoms with Gasteiger partial charge in [0.25, 0.3) is 0 Å². The molecule has 0 spiro atoms. The molecule has 0 atom stereocenters. The van der Waals surface area contributed by atoms with E-state index < -0.39 is 0 Å². The molecule has 4 nitrogen and oxygen atoms in total. The highest BCUT2D eigenvalue weighted by molar-refractivity contribution is 7.19. The van der Waals surface area contributed by atoms with E-state index >= 15 is 0 Å². The normalized spacial score (nSPS) is 10.9. The lowest BCUT2D eigenvalue weighted by Gasteiger charge is -2.07. The van der Waals surface area contributed by atoms with Crippen LogP contribution in [0, 0.1) is 6.92 Å². The monoisotopic (exact) mass is 285 g/mol. The predicted molar refractivity (Wildman–Crippen MR) is 83.2 cm³/mol. The molecule has 0 fully saturated rings. The third-order valence-corrected chi connectivity index (χ3v) is 4.14. The van der Waals surface area contributed by atoms with Crippen molar-refractivity contribution in [3.63, 3.8) is 0 Å². The molecule has 2 heterocycles. The molecule has 102 valence electrons. The lowest BCUT2D eigenvalue weighted by atomic mass is 10.0. The molecular weight excluding hydrogens is 270 g/mol. The molecule has 0 aliphatic heterocycles. The molecule has 3 aromatic rings. The van der Waals surface area contributed by atoms with Crippen LogP contribution in [0.5, 0.6) is 0 Å². The van der Waals surface area contributed by atoms with Crippen molar-refractivity contribution in [2.24, 2.45) is 0 Å². The van der Waals surface area contributed by atoms with E-state index in [4.69, 9.17) is 5.11 Å². The van der Waals surface area contributed by atoms with Crippen molar-refractivity contribution in [2.75, 3.05) is 18.5 Å². The average Bonchev–Trinajstić information content (AvgIpc) is 2.82. The first-order chi connectivity index (χ1) is 9.81. The Morgan fingerprint density at radius 1 is 1.20 bits per heavy atom. The van der Waals surface area contributed by atoms with Gasteiger partial charge in [-0.05, 0) is 12.5 Å². The highest BCUT2D eigenvalue weighted by Crippen LogP contribution is 2.39. The van der Waals surface area contributed by atoms with Gasteiger partial charge in [-0.15, -0.1) is 11.3 Å². The van der Waals surface area contributed by atoms with Crippen LogP contribution < -0.4 is 5.32 Å². The third-order valence-electron chi connectivity index (χ3n) is 3.13. The average molecular weight is 285 g/mol. The van der Waals surface area contributed by atoms with Crippen molar-refractivity contribution in [2.45, 2.75) is 6.92 Å².